The lowest BCUT2D eigenvalue weighted by atomic mass is 9.85. The van der Waals surface area contributed by atoms with Crippen LogP contribution in [0.5, 0.6) is 0 Å². The van der Waals surface area contributed by atoms with Gasteiger partial charge in [0.2, 0.25) is 0 Å². The molecule has 1 aliphatic carbocycles. The van der Waals surface area contributed by atoms with E-state index in [0.29, 0.717) is 5.41 Å². The van der Waals surface area contributed by atoms with E-state index in [-0.39, 0.29) is 0 Å². The molecule has 2 aliphatic rings. The SMILES string of the molecule is Cc1nc(N2CCCC(C)(C)CC2)sc1CNC1CC1. The number of nitrogens with zero attached hydrogens (tertiary/aromatic N) is 2. The number of anilines is 1. The first-order valence-corrected chi connectivity index (χ1v) is 8.80. The van der Waals surface area contributed by atoms with Crippen molar-refractivity contribution >= 4 is 16.5 Å². The monoisotopic (exact) mass is 293 g/mol. The van der Waals surface area contributed by atoms with Crippen LogP contribution in [-0.4, -0.2) is 24.1 Å². The number of aryl methyl sites for hydroxylation is 1. The van der Waals surface area contributed by atoms with E-state index in [0.717, 1.165) is 19.1 Å². The molecule has 1 saturated carbocycles. The van der Waals surface area contributed by atoms with Crippen LogP contribution in [0.2, 0.25) is 0 Å². The van der Waals surface area contributed by atoms with Crippen molar-refractivity contribution in [3.8, 4) is 0 Å². The minimum absolute atomic E-state index is 0.497. The van der Waals surface area contributed by atoms with Crippen molar-refractivity contribution in [3.05, 3.63) is 10.6 Å². The lowest BCUT2D eigenvalue weighted by Gasteiger charge is -2.22. The van der Waals surface area contributed by atoms with Gasteiger partial charge < -0.3 is 10.2 Å². The van der Waals surface area contributed by atoms with Crippen LogP contribution in [0.25, 0.3) is 0 Å². The van der Waals surface area contributed by atoms with Gasteiger partial charge in [-0.1, -0.05) is 13.8 Å². The molecular weight excluding hydrogens is 266 g/mol. The Kier molecular flexibility index (Phi) is 4.04. The van der Waals surface area contributed by atoms with E-state index in [1.165, 1.54) is 54.4 Å². The summed E-state index contributed by atoms with van der Waals surface area (Å²) in [5.41, 5.74) is 1.72. The third kappa shape index (κ3) is 3.53. The van der Waals surface area contributed by atoms with Gasteiger partial charge in [0, 0.05) is 30.6 Å². The number of aromatic nitrogens is 1. The number of nitrogens with one attached hydrogen (secondary N) is 1. The molecule has 2 heterocycles. The van der Waals surface area contributed by atoms with Crippen LogP contribution in [0.15, 0.2) is 0 Å². The van der Waals surface area contributed by atoms with Crippen molar-refractivity contribution in [2.75, 3.05) is 18.0 Å². The molecule has 4 heteroatoms. The fourth-order valence-corrected chi connectivity index (χ4v) is 3.91. The first-order chi connectivity index (χ1) is 9.53. The molecule has 1 saturated heterocycles. The van der Waals surface area contributed by atoms with E-state index in [1.807, 2.05) is 11.3 Å². The Labute approximate surface area is 126 Å². The van der Waals surface area contributed by atoms with Gasteiger partial charge in [0.05, 0.1) is 5.69 Å². The predicted octanol–water partition coefficient (Wildman–Crippen LogP) is 3.72. The fraction of sp³-hybridized carbons (Fsp3) is 0.812. The predicted molar refractivity (Wildman–Crippen MR) is 86.6 cm³/mol. The molecular formula is C16H27N3S. The van der Waals surface area contributed by atoms with Gasteiger partial charge in [-0.05, 0) is 44.4 Å². The average molecular weight is 293 g/mol. The Morgan fingerprint density at radius 3 is 2.85 bits per heavy atom. The summed E-state index contributed by atoms with van der Waals surface area (Å²) in [6, 6.07) is 0.777. The van der Waals surface area contributed by atoms with Crippen molar-refractivity contribution in [1.29, 1.82) is 0 Å². The van der Waals surface area contributed by atoms with Crippen molar-refractivity contribution in [3.63, 3.8) is 0 Å². The van der Waals surface area contributed by atoms with Crippen LogP contribution in [-0.2, 0) is 6.54 Å². The van der Waals surface area contributed by atoms with Crippen LogP contribution in [0, 0.1) is 12.3 Å². The second kappa shape index (κ2) is 5.64. The van der Waals surface area contributed by atoms with E-state index in [1.54, 1.807) is 0 Å². The highest BCUT2D eigenvalue weighted by atomic mass is 32.1. The lowest BCUT2D eigenvalue weighted by molar-refractivity contribution is 0.325. The zero-order valence-corrected chi connectivity index (χ0v) is 13.9. The van der Waals surface area contributed by atoms with Crippen LogP contribution < -0.4 is 10.2 Å². The number of rotatable bonds is 4. The third-order valence-electron chi connectivity index (χ3n) is 4.62. The molecule has 1 aromatic rings. The molecule has 1 aliphatic heterocycles. The van der Waals surface area contributed by atoms with Crippen LogP contribution in [0.4, 0.5) is 5.13 Å². The first-order valence-electron chi connectivity index (χ1n) is 7.98. The number of hydrogen-bond donors (Lipinski definition) is 1. The van der Waals surface area contributed by atoms with Gasteiger partial charge in [0.1, 0.15) is 0 Å². The summed E-state index contributed by atoms with van der Waals surface area (Å²) in [5.74, 6) is 0. The molecule has 0 radical (unpaired) electrons. The van der Waals surface area contributed by atoms with Gasteiger partial charge in [-0.25, -0.2) is 4.98 Å². The average Bonchev–Trinajstić information content (AvgIpc) is 3.16. The normalized spacial score (nSPS) is 22.9. The molecule has 3 nitrogen and oxygen atoms in total. The fourth-order valence-electron chi connectivity index (χ4n) is 2.85. The van der Waals surface area contributed by atoms with Crippen molar-refractivity contribution in [2.24, 2.45) is 5.41 Å². The zero-order chi connectivity index (χ0) is 14.2. The van der Waals surface area contributed by atoms with E-state index < -0.39 is 0 Å². The minimum atomic E-state index is 0.497. The standard InChI is InChI=1S/C16H27N3S/c1-12-14(11-17-13-5-6-13)20-15(18-12)19-9-4-7-16(2,3)8-10-19/h13,17H,4-11H2,1-3H3. The Hall–Kier alpha value is -0.610. The maximum absolute atomic E-state index is 4.83. The van der Waals surface area contributed by atoms with E-state index in [4.69, 9.17) is 4.98 Å². The Morgan fingerprint density at radius 2 is 2.10 bits per heavy atom. The summed E-state index contributed by atoms with van der Waals surface area (Å²) in [6.07, 6.45) is 6.62. The molecule has 0 bridgehead atoms. The van der Waals surface area contributed by atoms with Crippen LogP contribution >= 0.6 is 11.3 Å². The maximum Gasteiger partial charge on any atom is 0.185 e. The largest absolute Gasteiger partial charge is 0.348 e. The van der Waals surface area contributed by atoms with Gasteiger partial charge in [-0.15, -0.1) is 11.3 Å². The highest BCUT2D eigenvalue weighted by molar-refractivity contribution is 7.15. The molecule has 0 aromatic carbocycles. The van der Waals surface area contributed by atoms with Crippen LogP contribution in [0.3, 0.4) is 0 Å². The van der Waals surface area contributed by atoms with E-state index in [9.17, 15) is 0 Å². The maximum atomic E-state index is 4.83. The second-order valence-electron chi connectivity index (χ2n) is 7.17. The summed E-state index contributed by atoms with van der Waals surface area (Å²) >= 11 is 1.90. The molecule has 0 unspecified atom stereocenters. The Morgan fingerprint density at radius 1 is 1.30 bits per heavy atom. The molecule has 0 amide bonds. The molecule has 20 heavy (non-hydrogen) atoms. The molecule has 0 atom stereocenters. The van der Waals surface area contributed by atoms with E-state index in [2.05, 4.69) is 31.0 Å². The summed E-state index contributed by atoms with van der Waals surface area (Å²) in [5, 5.41) is 4.85. The summed E-state index contributed by atoms with van der Waals surface area (Å²) in [7, 11) is 0. The van der Waals surface area contributed by atoms with Crippen molar-refractivity contribution in [2.45, 2.75) is 65.5 Å². The second-order valence-corrected chi connectivity index (χ2v) is 8.23. The zero-order valence-electron chi connectivity index (χ0n) is 13.0. The van der Waals surface area contributed by atoms with Gasteiger partial charge in [-0.2, -0.15) is 0 Å². The van der Waals surface area contributed by atoms with Gasteiger partial charge in [0.25, 0.3) is 0 Å². The van der Waals surface area contributed by atoms with E-state index >= 15 is 0 Å². The minimum Gasteiger partial charge on any atom is -0.348 e. The highest BCUT2D eigenvalue weighted by Gasteiger charge is 2.25. The van der Waals surface area contributed by atoms with Crippen LogP contribution in [0.1, 0.15) is 56.5 Å². The summed E-state index contributed by atoms with van der Waals surface area (Å²) < 4.78 is 0. The quantitative estimate of drug-likeness (QED) is 0.917. The molecule has 3 rings (SSSR count). The molecule has 0 spiro atoms. The Bertz CT molecular complexity index is 462. The summed E-state index contributed by atoms with van der Waals surface area (Å²) in [4.78, 5) is 8.76. The number of thiazole rings is 1. The van der Waals surface area contributed by atoms with Gasteiger partial charge >= 0.3 is 0 Å². The molecule has 112 valence electrons. The molecule has 1 N–H and O–H groups in total. The third-order valence-corrected chi connectivity index (χ3v) is 5.84. The van der Waals surface area contributed by atoms with Gasteiger partial charge in [-0.3, -0.25) is 0 Å². The van der Waals surface area contributed by atoms with Gasteiger partial charge in [0.15, 0.2) is 5.13 Å². The highest BCUT2D eigenvalue weighted by Crippen LogP contribution is 2.34. The topological polar surface area (TPSA) is 28.2 Å². The smallest absolute Gasteiger partial charge is 0.185 e. The molecule has 2 fully saturated rings. The summed E-state index contributed by atoms with van der Waals surface area (Å²) in [6.45, 7) is 10.3. The number of hydrogen-bond acceptors (Lipinski definition) is 4. The first kappa shape index (κ1) is 14.3. The van der Waals surface area contributed by atoms with Crippen molar-refractivity contribution in [1.82, 2.24) is 10.3 Å². The van der Waals surface area contributed by atoms with Crippen molar-refractivity contribution < 1.29 is 0 Å². The molecule has 1 aromatic heterocycles. The lowest BCUT2D eigenvalue weighted by Crippen LogP contribution is -2.24. The Balaban J connectivity index is 1.65.